The van der Waals surface area contributed by atoms with Crippen molar-refractivity contribution in [2.75, 3.05) is 0 Å². The Bertz CT molecular complexity index is 332. The second kappa shape index (κ2) is 4.13. The van der Waals surface area contributed by atoms with Gasteiger partial charge in [-0.15, -0.1) is 0 Å². The third-order valence-corrected chi connectivity index (χ3v) is 2.89. The summed E-state index contributed by atoms with van der Waals surface area (Å²) in [7, 11) is 0. The van der Waals surface area contributed by atoms with E-state index < -0.39 is 0 Å². The number of rotatable bonds is 1. The Morgan fingerprint density at radius 2 is 2.00 bits per heavy atom. The van der Waals surface area contributed by atoms with Crippen molar-refractivity contribution in [1.29, 1.82) is 0 Å². The van der Waals surface area contributed by atoms with Gasteiger partial charge in [0.05, 0.1) is 0 Å². The van der Waals surface area contributed by atoms with Gasteiger partial charge in [0.2, 0.25) is 0 Å². The van der Waals surface area contributed by atoms with Gasteiger partial charge in [0, 0.05) is 10.9 Å². The summed E-state index contributed by atoms with van der Waals surface area (Å²) in [5.74, 6) is -0.0795. The highest BCUT2D eigenvalue weighted by Crippen LogP contribution is 2.28. The van der Waals surface area contributed by atoms with Crippen molar-refractivity contribution >= 4 is 21.9 Å². The van der Waals surface area contributed by atoms with Crippen LogP contribution in [0, 0.1) is 0 Å². The fourth-order valence-corrected chi connectivity index (χ4v) is 1.88. The minimum atomic E-state index is -0.0795. The normalized spacial score (nSPS) is 21.8. The molecule has 74 valence electrons. The van der Waals surface area contributed by atoms with E-state index in [0.717, 1.165) is 22.9 Å². The van der Waals surface area contributed by atoms with Crippen LogP contribution in [-0.4, -0.2) is 5.97 Å². The molecule has 0 amide bonds. The second-order valence-electron chi connectivity index (χ2n) is 3.42. The zero-order chi connectivity index (χ0) is 9.97. The largest absolute Gasteiger partial charge is 0.457 e. The Labute approximate surface area is 91.4 Å². The molecule has 0 spiro atoms. The summed E-state index contributed by atoms with van der Waals surface area (Å²) in [5.41, 5.74) is 1.08. The van der Waals surface area contributed by atoms with Crippen LogP contribution in [0.25, 0.3) is 0 Å². The summed E-state index contributed by atoms with van der Waals surface area (Å²) in [6.07, 6.45) is 2.39. The average molecular weight is 255 g/mol. The van der Waals surface area contributed by atoms with Gasteiger partial charge in [-0.2, -0.15) is 0 Å². The van der Waals surface area contributed by atoms with Crippen molar-refractivity contribution in [3.05, 3.63) is 34.3 Å². The van der Waals surface area contributed by atoms with Crippen LogP contribution in [0.4, 0.5) is 0 Å². The Morgan fingerprint density at radius 1 is 1.29 bits per heavy atom. The molecule has 1 aliphatic heterocycles. The SMILES string of the molecule is O=C1CCCC(c2ccc(Br)cc2)O1. The molecule has 3 heteroatoms. The third-order valence-electron chi connectivity index (χ3n) is 2.36. The monoisotopic (exact) mass is 254 g/mol. The lowest BCUT2D eigenvalue weighted by molar-refractivity contribution is -0.154. The number of hydrogen-bond acceptors (Lipinski definition) is 2. The van der Waals surface area contributed by atoms with Gasteiger partial charge < -0.3 is 4.74 Å². The summed E-state index contributed by atoms with van der Waals surface area (Å²) in [5, 5.41) is 0. The molecule has 1 saturated heterocycles. The highest BCUT2D eigenvalue weighted by molar-refractivity contribution is 9.10. The molecule has 0 aromatic heterocycles. The molecule has 2 nitrogen and oxygen atoms in total. The van der Waals surface area contributed by atoms with Gasteiger partial charge in [-0.1, -0.05) is 28.1 Å². The molecular formula is C11H11BrO2. The van der Waals surface area contributed by atoms with Crippen LogP contribution in [0.3, 0.4) is 0 Å². The minimum absolute atomic E-state index is 0.0376. The van der Waals surface area contributed by atoms with Crippen LogP contribution in [0.1, 0.15) is 30.9 Å². The van der Waals surface area contributed by atoms with E-state index in [1.54, 1.807) is 0 Å². The second-order valence-corrected chi connectivity index (χ2v) is 4.34. The molecule has 0 radical (unpaired) electrons. The molecule has 0 bridgehead atoms. The molecule has 1 fully saturated rings. The zero-order valence-corrected chi connectivity index (χ0v) is 9.29. The summed E-state index contributed by atoms with van der Waals surface area (Å²) in [6.45, 7) is 0. The van der Waals surface area contributed by atoms with Crippen molar-refractivity contribution in [2.45, 2.75) is 25.4 Å². The molecule has 1 aromatic carbocycles. The van der Waals surface area contributed by atoms with Crippen molar-refractivity contribution < 1.29 is 9.53 Å². The van der Waals surface area contributed by atoms with Crippen molar-refractivity contribution in [3.63, 3.8) is 0 Å². The quantitative estimate of drug-likeness (QED) is 0.720. The summed E-state index contributed by atoms with van der Waals surface area (Å²) < 4.78 is 6.30. The molecule has 1 aliphatic rings. The van der Waals surface area contributed by atoms with Crippen LogP contribution >= 0.6 is 15.9 Å². The molecule has 1 aromatic rings. The molecule has 14 heavy (non-hydrogen) atoms. The first-order valence-corrected chi connectivity index (χ1v) is 5.50. The number of esters is 1. The van der Waals surface area contributed by atoms with Crippen LogP contribution < -0.4 is 0 Å². The Kier molecular flexibility index (Phi) is 2.87. The maximum absolute atomic E-state index is 11.1. The highest BCUT2D eigenvalue weighted by Gasteiger charge is 2.21. The Hall–Kier alpha value is -0.830. The smallest absolute Gasteiger partial charge is 0.306 e. The van der Waals surface area contributed by atoms with Gasteiger partial charge in [0.1, 0.15) is 6.10 Å². The summed E-state index contributed by atoms with van der Waals surface area (Å²) >= 11 is 3.37. The number of carbonyl (C=O) groups excluding carboxylic acids is 1. The maximum Gasteiger partial charge on any atom is 0.306 e. The predicted octanol–water partition coefficient (Wildman–Crippen LogP) is 3.22. The number of ether oxygens (including phenoxy) is 1. The van der Waals surface area contributed by atoms with E-state index in [2.05, 4.69) is 15.9 Å². The number of cyclic esters (lactones) is 1. The van der Waals surface area contributed by atoms with Crippen molar-refractivity contribution in [1.82, 2.24) is 0 Å². The van der Waals surface area contributed by atoms with E-state index in [-0.39, 0.29) is 12.1 Å². The molecule has 0 N–H and O–H groups in total. The van der Waals surface area contributed by atoms with Crippen LogP contribution in [0.5, 0.6) is 0 Å². The molecule has 1 heterocycles. The van der Waals surface area contributed by atoms with Crippen molar-refractivity contribution in [3.8, 4) is 0 Å². The predicted molar refractivity (Wildman–Crippen MR) is 56.8 cm³/mol. The molecule has 2 rings (SSSR count). The number of hydrogen-bond donors (Lipinski definition) is 0. The van der Waals surface area contributed by atoms with E-state index >= 15 is 0 Å². The van der Waals surface area contributed by atoms with E-state index in [1.165, 1.54) is 0 Å². The van der Waals surface area contributed by atoms with Gasteiger partial charge in [-0.05, 0) is 30.5 Å². The fraction of sp³-hybridized carbons (Fsp3) is 0.364. The van der Waals surface area contributed by atoms with E-state index in [0.29, 0.717) is 6.42 Å². The number of benzene rings is 1. The van der Waals surface area contributed by atoms with E-state index in [4.69, 9.17) is 4.74 Å². The van der Waals surface area contributed by atoms with Gasteiger partial charge >= 0.3 is 5.97 Å². The number of halogens is 1. The van der Waals surface area contributed by atoms with Gasteiger partial charge in [0.25, 0.3) is 0 Å². The molecule has 1 atom stereocenters. The Balaban J connectivity index is 2.14. The van der Waals surface area contributed by atoms with Crippen LogP contribution in [0.15, 0.2) is 28.7 Å². The first-order chi connectivity index (χ1) is 6.75. The average Bonchev–Trinajstić information content (AvgIpc) is 2.19. The van der Waals surface area contributed by atoms with Crippen molar-refractivity contribution in [2.24, 2.45) is 0 Å². The third kappa shape index (κ3) is 2.15. The molecule has 0 aliphatic carbocycles. The van der Waals surface area contributed by atoms with Gasteiger partial charge in [-0.25, -0.2) is 0 Å². The van der Waals surface area contributed by atoms with Gasteiger partial charge in [0.15, 0.2) is 0 Å². The minimum Gasteiger partial charge on any atom is -0.457 e. The standard InChI is InChI=1S/C11H11BrO2/c12-9-6-4-8(5-7-9)10-2-1-3-11(13)14-10/h4-7,10H,1-3H2. The lowest BCUT2D eigenvalue weighted by Crippen LogP contribution is -2.16. The van der Waals surface area contributed by atoms with Gasteiger partial charge in [-0.3, -0.25) is 4.79 Å². The molecular weight excluding hydrogens is 244 g/mol. The summed E-state index contributed by atoms with van der Waals surface area (Å²) in [6, 6.07) is 7.93. The zero-order valence-electron chi connectivity index (χ0n) is 7.70. The lowest BCUT2D eigenvalue weighted by Gasteiger charge is -2.22. The van der Waals surface area contributed by atoms with Crippen LogP contribution in [0.2, 0.25) is 0 Å². The Morgan fingerprint density at radius 3 is 2.64 bits per heavy atom. The van der Waals surface area contributed by atoms with E-state index in [1.807, 2.05) is 24.3 Å². The first kappa shape index (κ1) is 9.71. The topological polar surface area (TPSA) is 26.3 Å². The molecule has 0 saturated carbocycles. The van der Waals surface area contributed by atoms with E-state index in [9.17, 15) is 4.79 Å². The van der Waals surface area contributed by atoms with Crippen LogP contribution in [-0.2, 0) is 9.53 Å². The lowest BCUT2D eigenvalue weighted by atomic mass is 10.0. The fourth-order valence-electron chi connectivity index (χ4n) is 1.62. The first-order valence-electron chi connectivity index (χ1n) is 4.70. The highest BCUT2D eigenvalue weighted by atomic mass is 79.9. The molecule has 1 unspecified atom stereocenters. The maximum atomic E-state index is 11.1. The number of carbonyl (C=O) groups is 1. The summed E-state index contributed by atoms with van der Waals surface area (Å²) in [4.78, 5) is 11.1.